The Bertz CT molecular complexity index is 302. The van der Waals surface area contributed by atoms with Crippen LogP contribution in [0.2, 0.25) is 0 Å². The lowest BCUT2D eigenvalue weighted by Gasteiger charge is -2.34. The number of rotatable bonds is 4. The average Bonchev–Trinajstić information content (AvgIpc) is 2.66. The number of carbonyl (C=O) groups is 1. The van der Waals surface area contributed by atoms with Crippen molar-refractivity contribution in [1.29, 1.82) is 0 Å². The minimum Gasteiger partial charge on any atom is -0.358 e. The van der Waals surface area contributed by atoms with Gasteiger partial charge in [-0.15, -0.1) is 0 Å². The van der Waals surface area contributed by atoms with Gasteiger partial charge in [0.2, 0.25) is 5.91 Å². The van der Waals surface area contributed by atoms with Crippen LogP contribution in [-0.4, -0.2) is 74.6 Å². The van der Waals surface area contributed by atoms with Gasteiger partial charge in [0, 0.05) is 32.2 Å². The first kappa shape index (κ1) is 15.7. The van der Waals surface area contributed by atoms with Crippen molar-refractivity contribution in [2.45, 2.75) is 44.2 Å². The van der Waals surface area contributed by atoms with Crippen LogP contribution in [0.5, 0.6) is 0 Å². The lowest BCUT2D eigenvalue weighted by molar-refractivity contribution is -0.122. The van der Waals surface area contributed by atoms with E-state index in [9.17, 15) is 4.79 Å². The predicted molar refractivity (Wildman–Crippen MR) is 81.8 cm³/mol. The third kappa shape index (κ3) is 5.04. The number of carbonyl (C=O) groups excluding carboxylic acids is 1. The molecule has 1 amide bonds. The minimum absolute atomic E-state index is 0.128. The van der Waals surface area contributed by atoms with Crippen molar-refractivity contribution in [3.8, 4) is 0 Å². The van der Waals surface area contributed by atoms with Crippen molar-refractivity contribution in [3.05, 3.63) is 0 Å². The second kappa shape index (κ2) is 7.96. The van der Waals surface area contributed by atoms with Gasteiger partial charge in [0.05, 0.1) is 6.54 Å². The van der Waals surface area contributed by atoms with Gasteiger partial charge >= 0.3 is 0 Å². The van der Waals surface area contributed by atoms with Crippen LogP contribution in [0.3, 0.4) is 0 Å². The maximum Gasteiger partial charge on any atom is 0.233 e. The highest BCUT2D eigenvalue weighted by molar-refractivity contribution is 5.77. The van der Waals surface area contributed by atoms with E-state index >= 15 is 0 Å². The smallest absolute Gasteiger partial charge is 0.233 e. The summed E-state index contributed by atoms with van der Waals surface area (Å²) in [5, 5.41) is 6.55. The molecule has 0 bridgehead atoms. The van der Waals surface area contributed by atoms with Crippen LogP contribution < -0.4 is 10.6 Å². The number of piperidine rings is 1. The molecule has 0 saturated carbocycles. The average molecular weight is 282 g/mol. The van der Waals surface area contributed by atoms with E-state index in [4.69, 9.17) is 0 Å². The van der Waals surface area contributed by atoms with Crippen LogP contribution in [0.1, 0.15) is 32.1 Å². The highest BCUT2D eigenvalue weighted by Crippen LogP contribution is 2.15. The normalized spacial score (nSPS) is 27.2. The van der Waals surface area contributed by atoms with Crippen molar-refractivity contribution in [3.63, 3.8) is 0 Å². The summed E-state index contributed by atoms with van der Waals surface area (Å²) in [6.45, 7) is 5.09. The van der Waals surface area contributed by atoms with Crippen molar-refractivity contribution in [2.75, 3.05) is 46.8 Å². The molecule has 2 heterocycles. The van der Waals surface area contributed by atoms with Crippen LogP contribution in [0, 0.1) is 0 Å². The van der Waals surface area contributed by atoms with Gasteiger partial charge < -0.3 is 15.5 Å². The zero-order chi connectivity index (χ0) is 14.4. The number of nitrogens with one attached hydrogen (secondary N) is 2. The van der Waals surface area contributed by atoms with E-state index in [0.717, 1.165) is 13.1 Å². The molecule has 5 nitrogen and oxygen atoms in total. The van der Waals surface area contributed by atoms with Gasteiger partial charge in [0.25, 0.3) is 0 Å². The highest BCUT2D eigenvalue weighted by Gasteiger charge is 2.23. The Kier molecular flexibility index (Phi) is 6.26. The number of nitrogens with zero attached hydrogens (tertiary/aromatic N) is 2. The van der Waals surface area contributed by atoms with Gasteiger partial charge in [-0.3, -0.25) is 9.69 Å². The van der Waals surface area contributed by atoms with E-state index in [1.807, 2.05) is 0 Å². The van der Waals surface area contributed by atoms with Crippen molar-refractivity contribution >= 4 is 5.91 Å². The first-order valence-electron chi connectivity index (χ1n) is 8.05. The zero-order valence-corrected chi connectivity index (χ0v) is 13.0. The first-order chi connectivity index (χ1) is 9.67. The third-order valence-corrected chi connectivity index (χ3v) is 4.66. The van der Waals surface area contributed by atoms with Crippen molar-refractivity contribution in [1.82, 2.24) is 20.4 Å². The molecule has 1 unspecified atom stereocenters. The molecule has 0 aromatic rings. The number of hydrogen-bond acceptors (Lipinski definition) is 4. The molecule has 2 aliphatic rings. The number of amides is 1. The molecule has 2 N–H and O–H groups in total. The van der Waals surface area contributed by atoms with E-state index in [2.05, 4.69) is 27.5 Å². The van der Waals surface area contributed by atoms with E-state index in [1.165, 1.54) is 45.2 Å². The van der Waals surface area contributed by atoms with Gasteiger partial charge in [-0.2, -0.15) is 0 Å². The highest BCUT2D eigenvalue weighted by atomic mass is 16.1. The fourth-order valence-electron chi connectivity index (χ4n) is 3.28. The Labute approximate surface area is 123 Å². The maximum atomic E-state index is 11.4. The second-order valence-electron chi connectivity index (χ2n) is 6.32. The Morgan fingerprint density at radius 2 is 1.70 bits per heavy atom. The molecule has 1 atom stereocenters. The summed E-state index contributed by atoms with van der Waals surface area (Å²) in [4.78, 5) is 16.1. The summed E-state index contributed by atoms with van der Waals surface area (Å²) in [6, 6.07) is 1.33. The van der Waals surface area contributed by atoms with E-state index < -0.39 is 0 Å². The predicted octanol–water partition coefficient (Wildman–Crippen LogP) is 0.271. The van der Waals surface area contributed by atoms with E-state index in [0.29, 0.717) is 18.6 Å². The Balaban J connectivity index is 1.67. The topological polar surface area (TPSA) is 47.6 Å². The summed E-state index contributed by atoms with van der Waals surface area (Å²) < 4.78 is 0. The largest absolute Gasteiger partial charge is 0.358 e. The van der Waals surface area contributed by atoms with Gasteiger partial charge in [0.1, 0.15) is 0 Å². The summed E-state index contributed by atoms with van der Waals surface area (Å²) in [5.41, 5.74) is 0. The Morgan fingerprint density at radius 3 is 2.40 bits per heavy atom. The van der Waals surface area contributed by atoms with Crippen LogP contribution in [0.15, 0.2) is 0 Å². The lowest BCUT2D eigenvalue weighted by Crippen LogP contribution is -2.48. The molecule has 20 heavy (non-hydrogen) atoms. The number of likely N-dealkylation sites (tertiary alicyclic amines) is 2. The summed E-state index contributed by atoms with van der Waals surface area (Å²) in [5.74, 6) is 0.128. The summed E-state index contributed by atoms with van der Waals surface area (Å²) >= 11 is 0. The standard InChI is InChI=1S/C15H30N4O/c1-16-15(20)12-19-10-6-14(7-11-19)17-13-4-3-8-18(2)9-5-13/h13-14,17H,3-12H2,1-2H3,(H,16,20). The molecule has 0 spiro atoms. The molecule has 2 fully saturated rings. The maximum absolute atomic E-state index is 11.4. The molecule has 0 radical (unpaired) electrons. The molecule has 2 aliphatic heterocycles. The fraction of sp³-hybridized carbons (Fsp3) is 0.933. The van der Waals surface area contributed by atoms with Crippen LogP contribution in [-0.2, 0) is 4.79 Å². The molecular weight excluding hydrogens is 252 g/mol. The van der Waals surface area contributed by atoms with E-state index in [1.54, 1.807) is 7.05 Å². The number of hydrogen-bond donors (Lipinski definition) is 2. The Hall–Kier alpha value is -0.650. The van der Waals surface area contributed by atoms with Crippen molar-refractivity contribution < 1.29 is 4.79 Å². The van der Waals surface area contributed by atoms with Gasteiger partial charge in [-0.25, -0.2) is 0 Å². The molecule has 2 saturated heterocycles. The molecule has 0 aromatic heterocycles. The molecule has 5 heteroatoms. The lowest BCUT2D eigenvalue weighted by atomic mass is 10.0. The Morgan fingerprint density at radius 1 is 1.05 bits per heavy atom. The van der Waals surface area contributed by atoms with Crippen molar-refractivity contribution in [2.24, 2.45) is 0 Å². The first-order valence-corrected chi connectivity index (χ1v) is 8.05. The van der Waals surface area contributed by atoms with Gasteiger partial charge in [-0.05, 0) is 52.2 Å². The number of likely N-dealkylation sites (N-methyl/N-ethyl adjacent to an activating group) is 1. The van der Waals surface area contributed by atoms with Crippen LogP contribution in [0.25, 0.3) is 0 Å². The molecule has 0 aromatic carbocycles. The van der Waals surface area contributed by atoms with E-state index in [-0.39, 0.29) is 5.91 Å². The monoisotopic (exact) mass is 282 g/mol. The second-order valence-corrected chi connectivity index (χ2v) is 6.32. The van der Waals surface area contributed by atoms with Gasteiger partial charge in [-0.1, -0.05) is 0 Å². The molecule has 116 valence electrons. The summed E-state index contributed by atoms with van der Waals surface area (Å²) in [7, 11) is 3.93. The molecule has 2 rings (SSSR count). The molecular formula is C15H30N4O. The molecule has 0 aliphatic carbocycles. The summed E-state index contributed by atoms with van der Waals surface area (Å²) in [6.07, 6.45) is 6.23. The van der Waals surface area contributed by atoms with Gasteiger partial charge in [0.15, 0.2) is 0 Å². The minimum atomic E-state index is 0.128. The quantitative estimate of drug-likeness (QED) is 0.777. The fourth-order valence-corrected chi connectivity index (χ4v) is 3.28. The van der Waals surface area contributed by atoms with Crippen LogP contribution in [0.4, 0.5) is 0 Å². The SMILES string of the molecule is CNC(=O)CN1CCC(NC2CCCN(C)CC2)CC1. The zero-order valence-electron chi connectivity index (χ0n) is 13.0. The third-order valence-electron chi connectivity index (χ3n) is 4.66. The van der Waals surface area contributed by atoms with Crippen LogP contribution >= 0.6 is 0 Å².